The Morgan fingerprint density at radius 1 is 0.833 bits per heavy atom. The van der Waals surface area contributed by atoms with Crippen molar-refractivity contribution in [2.24, 2.45) is 0 Å². The molecule has 1 heterocycles. The minimum atomic E-state index is -0.534. The van der Waals surface area contributed by atoms with Crippen molar-refractivity contribution in [2.75, 3.05) is 13.2 Å². The Hall–Kier alpha value is -1.09. The topological polar surface area (TPSA) is 105 Å². The molecule has 0 unspecified atom stereocenters. The van der Waals surface area contributed by atoms with E-state index in [0.717, 1.165) is 19.6 Å². The number of hydrogen-bond acceptors (Lipinski definition) is 8. The quantitative estimate of drug-likeness (QED) is 0.414. The van der Waals surface area contributed by atoms with Crippen molar-refractivity contribution >= 4 is 23.9 Å². The monoisotopic (exact) mass is 382 g/mol. The Bertz CT molecular complexity index is 338. The summed E-state index contributed by atoms with van der Waals surface area (Å²) in [4.78, 5) is 41.0. The molecule has 1 aliphatic heterocycles. The van der Waals surface area contributed by atoms with Crippen molar-refractivity contribution in [3.63, 3.8) is 0 Å². The second-order valence-electron chi connectivity index (χ2n) is 4.57. The van der Waals surface area contributed by atoms with E-state index in [2.05, 4.69) is 9.47 Å². The van der Waals surface area contributed by atoms with Crippen molar-refractivity contribution in [3.05, 3.63) is 0 Å². The van der Waals surface area contributed by atoms with Crippen molar-refractivity contribution in [1.82, 2.24) is 0 Å². The minimum Gasteiger partial charge on any atom is -0.393 e. The van der Waals surface area contributed by atoms with Crippen LogP contribution in [0.5, 0.6) is 0 Å². The zero-order valence-electron chi connectivity index (χ0n) is 14.7. The molecule has 24 heavy (non-hydrogen) atoms. The van der Waals surface area contributed by atoms with E-state index in [0.29, 0.717) is 25.7 Å². The van der Waals surface area contributed by atoms with Gasteiger partial charge in [-0.25, -0.2) is 0 Å². The van der Waals surface area contributed by atoms with E-state index in [4.69, 9.17) is 6.64 Å². The summed E-state index contributed by atoms with van der Waals surface area (Å²) >= 11 is -0.392. The number of esters is 4. The average molecular weight is 382 g/mol. The van der Waals surface area contributed by atoms with Gasteiger partial charge in [-0.1, -0.05) is 13.8 Å². The zero-order chi connectivity index (χ0) is 18.8. The standard InChI is InChI=1S/2C6H10O3.C3H6O2.Ti/c2*1-3-4-6(8)9-5(2)7;4-2-1-3-5;/h2*3-4H2,1-2H3;1-3H2;/q;;-2;+2. The molecule has 8 nitrogen and oxygen atoms in total. The molecule has 9 heteroatoms. The molecule has 0 aliphatic carbocycles. The summed E-state index contributed by atoms with van der Waals surface area (Å²) in [6, 6.07) is 0. The number of hydrogen-bond donors (Lipinski definition) is 0. The van der Waals surface area contributed by atoms with Crippen LogP contribution in [0.15, 0.2) is 0 Å². The van der Waals surface area contributed by atoms with Gasteiger partial charge in [-0.15, -0.1) is 0 Å². The van der Waals surface area contributed by atoms with Crippen molar-refractivity contribution in [2.45, 2.75) is 59.8 Å². The fraction of sp³-hybridized carbons (Fsp3) is 0.733. The first-order valence-corrected chi connectivity index (χ1v) is 9.01. The Morgan fingerprint density at radius 2 is 1.21 bits per heavy atom. The van der Waals surface area contributed by atoms with Crippen LogP contribution >= 0.6 is 0 Å². The minimum absolute atomic E-state index is 0.319. The first kappa shape index (κ1) is 25.2. The van der Waals surface area contributed by atoms with Crippen molar-refractivity contribution in [3.8, 4) is 0 Å². The van der Waals surface area contributed by atoms with Gasteiger partial charge in [0.05, 0.1) is 0 Å². The molecule has 0 spiro atoms. The van der Waals surface area contributed by atoms with Gasteiger partial charge in [0.25, 0.3) is 0 Å². The van der Waals surface area contributed by atoms with E-state index in [1.807, 2.05) is 13.8 Å². The number of rotatable bonds is 4. The fourth-order valence-corrected chi connectivity index (χ4v) is 2.00. The van der Waals surface area contributed by atoms with Gasteiger partial charge < -0.3 is 9.47 Å². The van der Waals surface area contributed by atoms with Crippen LogP contribution in [0.1, 0.15) is 59.8 Å². The SMILES string of the molecule is C1C[O][Ti][O]C1.CCCC(=O)OC(C)=O.CCCC(=O)OC(C)=O. The summed E-state index contributed by atoms with van der Waals surface area (Å²) in [5, 5.41) is 0. The Labute approximate surface area is 152 Å². The van der Waals surface area contributed by atoms with Gasteiger partial charge in [0.15, 0.2) is 0 Å². The first-order chi connectivity index (χ1) is 11.3. The Balaban J connectivity index is 0. The maximum atomic E-state index is 10.4. The molecule has 0 atom stereocenters. The molecule has 0 N–H and O–H groups in total. The number of carbonyl (C=O) groups is 4. The van der Waals surface area contributed by atoms with E-state index in [-0.39, 0.29) is 0 Å². The molecule has 0 aromatic rings. The van der Waals surface area contributed by atoms with Crippen LogP contribution in [0.2, 0.25) is 0 Å². The largest absolute Gasteiger partial charge is 0.393 e. The third-order valence-electron chi connectivity index (χ3n) is 2.03. The summed E-state index contributed by atoms with van der Waals surface area (Å²) in [7, 11) is 0. The molecule has 138 valence electrons. The predicted molar refractivity (Wildman–Crippen MR) is 79.9 cm³/mol. The molecule has 1 saturated heterocycles. The van der Waals surface area contributed by atoms with E-state index in [9.17, 15) is 19.2 Å². The van der Waals surface area contributed by atoms with Gasteiger partial charge in [0.1, 0.15) is 0 Å². The summed E-state index contributed by atoms with van der Waals surface area (Å²) in [5.74, 6) is -1.95. The van der Waals surface area contributed by atoms with Crippen LogP contribution in [-0.4, -0.2) is 37.1 Å². The second-order valence-corrected chi connectivity index (χ2v) is 5.73. The van der Waals surface area contributed by atoms with Crippen LogP contribution < -0.4 is 0 Å². The molecular weight excluding hydrogens is 356 g/mol. The van der Waals surface area contributed by atoms with E-state index in [1.54, 1.807) is 0 Å². The number of carbonyl (C=O) groups excluding carboxylic acids is 4. The second kappa shape index (κ2) is 18.3. The fourth-order valence-electron chi connectivity index (χ4n) is 1.16. The van der Waals surface area contributed by atoms with Crippen molar-refractivity contribution in [1.29, 1.82) is 0 Å². The number of ether oxygens (including phenoxy) is 2. The van der Waals surface area contributed by atoms with Crippen LogP contribution in [0.3, 0.4) is 0 Å². The molecule has 1 rings (SSSR count). The maximum Gasteiger partial charge on any atom is 0.313 e. The third-order valence-corrected chi connectivity index (χ3v) is 3.04. The first-order valence-electron chi connectivity index (χ1n) is 7.74. The van der Waals surface area contributed by atoms with Gasteiger partial charge >= 0.3 is 70.1 Å². The third kappa shape index (κ3) is 23.2. The van der Waals surface area contributed by atoms with Crippen LogP contribution in [0.25, 0.3) is 0 Å². The Kier molecular flexibility index (Phi) is 19.1. The van der Waals surface area contributed by atoms with E-state index >= 15 is 0 Å². The van der Waals surface area contributed by atoms with Gasteiger partial charge in [-0.3, -0.25) is 19.2 Å². The molecule has 0 radical (unpaired) electrons. The van der Waals surface area contributed by atoms with Gasteiger partial charge in [-0.2, -0.15) is 0 Å². The summed E-state index contributed by atoms with van der Waals surface area (Å²) in [6.45, 7) is 7.99. The average Bonchev–Trinajstić information content (AvgIpc) is 2.49. The van der Waals surface area contributed by atoms with Crippen molar-refractivity contribution < 1.29 is 55.2 Å². The molecule has 0 bridgehead atoms. The zero-order valence-corrected chi connectivity index (χ0v) is 16.3. The van der Waals surface area contributed by atoms with Crippen LogP contribution in [0.4, 0.5) is 0 Å². The van der Waals surface area contributed by atoms with Crippen LogP contribution in [0, 0.1) is 0 Å². The van der Waals surface area contributed by atoms with Crippen LogP contribution in [-0.2, 0) is 55.2 Å². The van der Waals surface area contributed by atoms with E-state index in [1.165, 1.54) is 13.8 Å². The summed E-state index contributed by atoms with van der Waals surface area (Å²) < 4.78 is 18.4. The maximum absolute atomic E-state index is 10.4. The normalized spacial score (nSPS) is 12.2. The smallest absolute Gasteiger partial charge is 0.313 e. The van der Waals surface area contributed by atoms with E-state index < -0.39 is 43.8 Å². The molecule has 0 aromatic carbocycles. The molecule has 1 aliphatic rings. The van der Waals surface area contributed by atoms with Gasteiger partial charge in [-0.05, 0) is 12.8 Å². The Morgan fingerprint density at radius 3 is 1.38 bits per heavy atom. The van der Waals surface area contributed by atoms with Gasteiger partial charge in [0.2, 0.25) is 0 Å². The summed E-state index contributed by atoms with van der Waals surface area (Å²) in [5.41, 5.74) is 0. The molecular formula is C15H26O8Ti. The molecule has 0 amide bonds. The molecule has 0 saturated carbocycles. The summed E-state index contributed by atoms with van der Waals surface area (Å²) in [6.07, 6.45) is 3.15. The van der Waals surface area contributed by atoms with Gasteiger partial charge in [0, 0.05) is 26.7 Å². The predicted octanol–water partition coefficient (Wildman–Crippen LogP) is 2.09. The molecule has 0 aromatic heterocycles. The molecule has 1 fully saturated rings.